The van der Waals surface area contributed by atoms with Crippen molar-refractivity contribution < 1.29 is 28.3 Å². The summed E-state index contributed by atoms with van der Waals surface area (Å²) in [7, 11) is 3.93. The largest absolute Gasteiger partial charge is 0.493 e. The Kier molecular flexibility index (Phi) is 6.13. The van der Waals surface area contributed by atoms with Gasteiger partial charge in [-0.05, 0) is 24.3 Å². The fourth-order valence-corrected chi connectivity index (χ4v) is 4.25. The molecule has 11 heteroatoms. The van der Waals surface area contributed by atoms with Crippen molar-refractivity contribution in [2.75, 3.05) is 21.3 Å². The van der Waals surface area contributed by atoms with Crippen LogP contribution in [0.15, 0.2) is 46.9 Å². The summed E-state index contributed by atoms with van der Waals surface area (Å²) in [5.74, 6) is 0.282. The molecule has 0 spiro atoms. The molecule has 2 aromatic heterocycles. The zero-order chi connectivity index (χ0) is 23.5. The fraction of sp³-hybridized carbons (Fsp3) is 0.182. The molecule has 33 heavy (non-hydrogen) atoms. The van der Waals surface area contributed by atoms with Gasteiger partial charge in [-0.15, -0.1) is 11.3 Å². The minimum atomic E-state index is -0.701. The van der Waals surface area contributed by atoms with Gasteiger partial charge in [-0.3, -0.25) is 14.9 Å². The Hall–Kier alpha value is -4.12. The van der Waals surface area contributed by atoms with Crippen LogP contribution in [0, 0.1) is 10.1 Å². The van der Waals surface area contributed by atoms with Crippen molar-refractivity contribution >= 4 is 33.1 Å². The molecule has 0 radical (unpaired) electrons. The highest BCUT2D eigenvalue weighted by atomic mass is 32.1. The molecule has 0 saturated heterocycles. The molecule has 0 unspecified atom stereocenters. The number of furan rings is 1. The van der Waals surface area contributed by atoms with E-state index in [-0.39, 0.29) is 29.4 Å². The first-order valence-electron chi connectivity index (χ1n) is 9.67. The second-order valence-electron chi connectivity index (χ2n) is 6.73. The summed E-state index contributed by atoms with van der Waals surface area (Å²) in [6, 6.07) is 12.5. The summed E-state index contributed by atoms with van der Waals surface area (Å²) < 4.78 is 22.4. The van der Waals surface area contributed by atoms with Crippen LogP contribution in [0.1, 0.15) is 16.1 Å². The molecule has 10 nitrogen and oxygen atoms in total. The van der Waals surface area contributed by atoms with E-state index in [1.54, 1.807) is 12.1 Å². The molecule has 2 heterocycles. The zero-order valence-electron chi connectivity index (χ0n) is 17.9. The molecule has 2 aromatic carbocycles. The predicted molar refractivity (Wildman–Crippen MR) is 121 cm³/mol. The number of hydrogen-bond acceptors (Lipinski definition) is 9. The van der Waals surface area contributed by atoms with Crippen molar-refractivity contribution in [1.82, 2.24) is 10.3 Å². The number of amides is 1. The molecule has 1 amide bonds. The smallest absolute Gasteiger partial charge is 0.327 e. The van der Waals surface area contributed by atoms with Crippen molar-refractivity contribution in [3.63, 3.8) is 0 Å². The van der Waals surface area contributed by atoms with Crippen molar-refractivity contribution in [2.24, 2.45) is 0 Å². The number of methoxy groups -OCH3 is 3. The molecule has 0 aliphatic rings. The van der Waals surface area contributed by atoms with E-state index < -0.39 is 16.5 Å². The van der Waals surface area contributed by atoms with Gasteiger partial charge in [0, 0.05) is 6.07 Å². The number of para-hydroxylation sites is 1. The minimum Gasteiger partial charge on any atom is -0.493 e. The number of carbonyl (C=O) groups is 1. The van der Waals surface area contributed by atoms with Crippen LogP contribution in [0.25, 0.3) is 21.0 Å². The molecule has 4 aromatic rings. The third kappa shape index (κ3) is 4.17. The van der Waals surface area contributed by atoms with Gasteiger partial charge in [0.15, 0.2) is 16.5 Å². The Morgan fingerprint density at radius 1 is 1.12 bits per heavy atom. The van der Waals surface area contributed by atoms with Gasteiger partial charge in [0.1, 0.15) is 11.3 Å². The molecular formula is C22H19N3O7S. The van der Waals surface area contributed by atoms with Crippen LogP contribution in [0.2, 0.25) is 0 Å². The lowest BCUT2D eigenvalue weighted by atomic mass is 10.1. The Morgan fingerprint density at radius 3 is 2.55 bits per heavy atom. The van der Waals surface area contributed by atoms with Crippen molar-refractivity contribution in [3.05, 3.63) is 63.9 Å². The number of aromatic nitrogens is 1. The van der Waals surface area contributed by atoms with Gasteiger partial charge in [-0.25, -0.2) is 4.98 Å². The molecule has 170 valence electrons. The standard InChI is InChI=1S/C22H19N3O7S/c1-29-16-10-13(18(25(27)28)20(31-3)19(16)30-2)21(26)23-11-12-8-9-15(32-12)22-24-14-6-4-5-7-17(14)33-22/h4-10H,11H2,1-3H3,(H,23,26). The van der Waals surface area contributed by atoms with E-state index >= 15 is 0 Å². The summed E-state index contributed by atoms with van der Waals surface area (Å²) in [4.78, 5) is 28.4. The first kappa shape index (κ1) is 22.1. The van der Waals surface area contributed by atoms with Gasteiger partial charge in [-0.2, -0.15) is 0 Å². The number of benzene rings is 2. The highest BCUT2D eigenvalue weighted by molar-refractivity contribution is 7.21. The molecule has 0 bridgehead atoms. The Morgan fingerprint density at radius 2 is 1.88 bits per heavy atom. The number of rotatable bonds is 8. The van der Waals surface area contributed by atoms with E-state index in [9.17, 15) is 14.9 Å². The quantitative estimate of drug-likeness (QED) is 0.297. The summed E-state index contributed by atoms with van der Waals surface area (Å²) in [5, 5.41) is 15.1. The number of carbonyl (C=O) groups excluding carboxylic acids is 1. The maximum Gasteiger partial charge on any atom is 0.327 e. The fourth-order valence-electron chi connectivity index (χ4n) is 3.32. The zero-order valence-corrected chi connectivity index (χ0v) is 18.7. The van der Waals surface area contributed by atoms with Crippen LogP contribution in [0.4, 0.5) is 5.69 Å². The van der Waals surface area contributed by atoms with E-state index in [1.807, 2.05) is 24.3 Å². The number of nitrogens with one attached hydrogen (secondary N) is 1. The molecular weight excluding hydrogens is 450 g/mol. The van der Waals surface area contributed by atoms with Gasteiger partial charge in [0.25, 0.3) is 5.91 Å². The van der Waals surface area contributed by atoms with Crippen LogP contribution >= 0.6 is 11.3 Å². The lowest BCUT2D eigenvalue weighted by molar-refractivity contribution is -0.386. The van der Waals surface area contributed by atoms with Crippen molar-refractivity contribution in [3.8, 4) is 28.0 Å². The Labute approximate surface area is 191 Å². The van der Waals surface area contributed by atoms with Gasteiger partial charge in [-0.1, -0.05) is 12.1 Å². The summed E-state index contributed by atoms with van der Waals surface area (Å²) in [6.07, 6.45) is 0. The molecule has 0 aliphatic carbocycles. The van der Waals surface area contributed by atoms with Gasteiger partial charge >= 0.3 is 5.69 Å². The second-order valence-corrected chi connectivity index (χ2v) is 7.76. The van der Waals surface area contributed by atoms with Gasteiger partial charge < -0.3 is 23.9 Å². The minimum absolute atomic E-state index is 0.0115. The van der Waals surface area contributed by atoms with E-state index in [0.29, 0.717) is 16.5 Å². The van der Waals surface area contributed by atoms with Crippen LogP contribution < -0.4 is 19.5 Å². The van der Waals surface area contributed by atoms with E-state index in [2.05, 4.69) is 10.3 Å². The van der Waals surface area contributed by atoms with Crippen LogP contribution in [0.5, 0.6) is 17.2 Å². The number of hydrogen-bond donors (Lipinski definition) is 1. The van der Waals surface area contributed by atoms with Crippen LogP contribution in [-0.4, -0.2) is 37.1 Å². The molecule has 4 rings (SSSR count). The molecule has 0 atom stereocenters. The van der Waals surface area contributed by atoms with Gasteiger partial charge in [0.2, 0.25) is 11.5 Å². The Bertz CT molecular complexity index is 1310. The first-order chi connectivity index (χ1) is 16.0. The van der Waals surface area contributed by atoms with E-state index in [0.717, 1.165) is 10.2 Å². The highest BCUT2D eigenvalue weighted by Crippen LogP contribution is 2.46. The number of nitro groups is 1. The monoisotopic (exact) mass is 469 g/mol. The average molecular weight is 469 g/mol. The van der Waals surface area contributed by atoms with Crippen molar-refractivity contribution in [1.29, 1.82) is 0 Å². The summed E-state index contributed by atoms with van der Waals surface area (Å²) in [6.45, 7) is 0.0115. The maximum atomic E-state index is 12.9. The normalized spacial score (nSPS) is 10.8. The maximum absolute atomic E-state index is 12.9. The third-order valence-corrected chi connectivity index (χ3v) is 5.87. The SMILES string of the molecule is COc1cc(C(=O)NCc2ccc(-c3nc4ccccc4s3)o2)c([N+](=O)[O-])c(OC)c1OC. The number of nitrogens with zero attached hydrogens (tertiary/aromatic N) is 2. The third-order valence-electron chi connectivity index (χ3n) is 4.82. The lowest BCUT2D eigenvalue weighted by Gasteiger charge is -2.14. The predicted octanol–water partition coefficient (Wildman–Crippen LogP) is 4.42. The Balaban J connectivity index is 1.57. The summed E-state index contributed by atoms with van der Waals surface area (Å²) in [5.41, 5.74) is 0.119. The highest BCUT2D eigenvalue weighted by Gasteiger charge is 2.32. The molecule has 0 fully saturated rings. The van der Waals surface area contributed by atoms with Crippen molar-refractivity contribution in [2.45, 2.75) is 6.54 Å². The summed E-state index contributed by atoms with van der Waals surface area (Å²) >= 11 is 1.49. The molecule has 0 aliphatic heterocycles. The molecule has 1 N–H and O–H groups in total. The van der Waals surface area contributed by atoms with Gasteiger partial charge in [0.05, 0.1) is 43.0 Å². The number of fused-ring (bicyclic) bond motifs is 1. The number of thiazole rings is 1. The first-order valence-corrected chi connectivity index (χ1v) is 10.5. The number of nitro benzene ring substituents is 1. The average Bonchev–Trinajstić information content (AvgIpc) is 3.47. The van der Waals surface area contributed by atoms with Crippen LogP contribution in [-0.2, 0) is 6.54 Å². The topological polar surface area (TPSA) is 126 Å². The lowest BCUT2D eigenvalue weighted by Crippen LogP contribution is -2.24. The number of ether oxygens (including phenoxy) is 3. The van der Waals surface area contributed by atoms with E-state index in [4.69, 9.17) is 18.6 Å². The van der Waals surface area contributed by atoms with E-state index in [1.165, 1.54) is 38.7 Å². The second kappa shape index (κ2) is 9.17. The van der Waals surface area contributed by atoms with Crippen LogP contribution in [0.3, 0.4) is 0 Å². The molecule has 0 saturated carbocycles.